The summed E-state index contributed by atoms with van der Waals surface area (Å²) in [4.78, 5) is 33.3. The van der Waals surface area contributed by atoms with Gasteiger partial charge in [-0.15, -0.1) is 0 Å². The van der Waals surface area contributed by atoms with E-state index in [-0.39, 0.29) is 25.0 Å². The molecule has 0 unspecified atom stereocenters. The summed E-state index contributed by atoms with van der Waals surface area (Å²) in [5.74, 6) is -1.93. The summed E-state index contributed by atoms with van der Waals surface area (Å²) >= 11 is 5.88. The van der Waals surface area contributed by atoms with E-state index in [2.05, 4.69) is 9.97 Å². The van der Waals surface area contributed by atoms with E-state index in [4.69, 9.17) is 22.1 Å². The normalized spacial score (nSPS) is 14.5. The summed E-state index contributed by atoms with van der Waals surface area (Å²) in [6, 6.07) is 16.5. The van der Waals surface area contributed by atoms with Crippen molar-refractivity contribution in [2.24, 2.45) is 11.7 Å². The number of para-hydroxylation sites is 2. The Hall–Kier alpha value is -3.29. The minimum atomic E-state index is -1.14. The van der Waals surface area contributed by atoms with Gasteiger partial charge in [-0.3, -0.25) is 9.78 Å². The zero-order valence-electron chi connectivity index (χ0n) is 18.2. The molecule has 0 aliphatic rings. The number of aromatic nitrogens is 2. The quantitative estimate of drug-likeness (QED) is 0.438. The summed E-state index contributed by atoms with van der Waals surface area (Å²) in [5.41, 5.74) is 7.63. The molecular formula is C25H26ClN3O4. The van der Waals surface area contributed by atoms with E-state index in [1.54, 1.807) is 31.2 Å². The maximum atomic E-state index is 12.9. The number of amides is 1. The van der Waals surface area contributed by atoms with Crippen LogP contribution in [0, 0.1) is 5.92 Å². The van der Waals surface area contributed by atoms with E-state index in [0.717, 1.165) is 5.56 Å². The lowest BCUT2D eigenvalue weighted by Crippen LogP contribution is -2.37. The SMILES string of the molecule is CC(Cl)=CC[C@H](C[C@H](O)[C@H](Cc1ccccc1)OC(=O)c1cnc2ccccc2n1)C(N)=O. The first kappa shape index (κ1) is 24.4. The van der Waals surface area contributed by atoms with Crippen LogP contribution < -0.4 is 5.73 Å². The summed E-state index contributed by atoms with van der Waals surface area (Å²) < 4.78 is 5.67. The van der Waals surface area contributed by atoms with Gasteiger partial charge in [0.2, 0.25) is 5.91 Å². The molecule has 3 N–H and O–H groups in total. The van der Waals surface area contributed by atoms with Gasteiger partial charge in [-0.25, -0.2) is 9.78 Å². The molecule has 172 valence electrons. The second kappa shape index (κ2) is 11.5. The Morgan fingerprint density at radius 1 is 1.12 bits per heavy atom. The van der Waals surface area contributed by atoms with Crippen molar-refractivity contribution in [3.63, 3.8) is 0 Å². The minimum Gasteiger partial charge on any atom is -0.454 e. The molecule has 0 bridgehead atoms. The van der Waals surface area contributed by atoms with E-state index in [0.29, 0.717) is 16.1 Å². The highest BCUT2D eigenvalue weighted by molar-refractivity contribution is 6.29. The Morgan fingerprint density at radius 2 is 1.79 bits per heavy atom. The van der Waals surface area contributed by atoms with Crippen LogP contribution in [0.15, 0.2) is 71.9 Å². The third-order valence-electron chi connectivity index (χ3n) is 5.24. The number of primary amides is 1. The van der Waals surface area contributed by atoms with Gasteiger partial charge in [0.15, 0.2) is 5.69 Å². The standard InChI is InChI=1S/C25H26ClN3O4/c1-16(26)11-12-18(24(27)31)14-22(30)23(13-17-7-3-2-4-8-17)33-25(32)21-15-28-19-9-5-6-10-20(19)29-21/h2-11,15,18,22-23,30H,12-14H2,1H3,(H2,27,31)/t18-,22+,23+/m1/s1. The van der Waals surface area contributed by atoms with Crippen LogP contribution in [0.3, 0.4) is 0 Å². The molecule has 8 heteroatoms. The summed E-state index contributed by atoms with van der Waals surface area (Å²) in [6.07, 6.45) is 1.52. The fourth-order valence-electron chi connectivity index (χ4n) is 3.43. The second-order valence-electron chi connectivity index (χ2n) is 7.81. The number of hydrogen-bond acceptors (Lipinski definition) is 6. The van der Waals surface area contributed by atoms with Crippen molar-refractivity contribution < 1.29 is 19.4 Å². The number of halogens is 1. The number of aliphatic hydroxyl groups is 1. The summed E-state index contributed by atoms with van der Waals surface area (Å²) in [7, 11) is 0. The highest BCUT2D eigenvalue weighted by Gasteiger charge is 2.29. The maximum absolute atomic E-state index is 12.9. The van der Waals surface area contributed by atoms with E-state index in [1.165, 1.54) is 6.20 Å². The van der Waals surface area contributed by atoms with Gasteiger partial charge in [0.1, 0.15) is 6.10 Å². The van der Waals surface area contributed by atoms with Crippen LogP contribution in [0.5, 0.6) is 0 Å². The number of carbonyl (C=O) groups is 2. The lowest BCUT2D eigenvalue weighted by molar-refractivity contribution is -0.123. The van der Waals surface area contributed by atoms with Crippen LogP contribution in [-0.4, -0.2) is 39.2 Å². The molecule has 1 heterocycles. The minimum absolute atomic E-state index is 0.0180. The van der Waals surface area contributed by atoms with Crippen LogP contribution in [-0.2, 0) is 16.0 Å². The van der Waals surface area contributed by atoms with Gasteiger partial charge in [0.05, 0.1) is 23.3 Å². The molecule has 1 amide bonds. The van der Waals surface area contributed by atoms with Crippen molar-refractivity contribution in [1.29, 1.82) is 0 Å². The lowest BCUT2D eigenvalue weighted by Gasteiger charge is -2.25. The number of carbonyl (C=O) groups excluding carboxylic acids is 2. The molecule has 3 rings (SSSR count). The van der Waals surface area contributed by atoms with E-state index < -0.39 is 30.0 Å². The predicted molar refractivity (Wildman–Crippen MR) is 126 cm³/mol. The van der Waals surface area contributed by atoms with Crippen molar-refractivity contribution in [3.05, 3.63) is 83.2 Å². The molecule has 0 aliphatic carbocycles. The molecule has 0 saturated heterocycles. The highest BCUT2D eigenvalue weighted by Crippen LogP contribution is 2.21. The van der Waals surface area contributed by atoms with E-state index >= 15 is 0 Å². The molecular weight excluding hydrogens is 442 g/mol. The summed E-state index contributed by atoms with van der Waals surface area (Å²) in [6.45, 7) is 1.70. The number of esters is 1. The highest BCUT2D eigenvalue weighted by atomic mass is 35.5. The smallest absolute Gasteiger partial charge is 0.358 e. The third-order valence-corrected chi connectivity index (χ3v) is 5.39. The van der Waals surface area contributed by atoms with E-state index in [9.17, 15) is 14.7 Å². The van der Waals surface area contributed by atoms with Crippen LogP contribution in [0.1, 0.15) is 35.8 Å². The average molecular weight is 468 g/mol. The number of aliphatic hydroxyl groups excluding tert-OH is 1. The first-order chi connectivity index (χ1) is 15.8. The zero-order chi connectivity index (χ0) is 23.8. The molecule has 0 aliphatic heterocycles. The molecule has 33 heavy (non-hydrogen) atoms. The number of nitrogens with zero attached hydrogens (tertiary/aromatic N) is 2. The molecule has 0 radical (unpaired) electrons. The van der Waals surface area contributed by atoms with Crippen molar-refractivity contribution in [3.8, 4) is 0 Å². The Balaban J connectivity index is 1.80. The Bertz CT molecular complexity index is 1130. The van der Waals surface area contributed by atoms with Gasteiger partial charge in [0, 0.05) is 17.4 Å². The van der Waals surface area contributed by atoms with Gasteiger partial charge >= 0.3 is 5.97 Å². The van der Waals surface area contributed by atoms with E-state index in [1.807, 2.05) is 36.4 Å². The largest absolute Gasteiger partial charge is 0.454 e. The number of nitrogens with two attached hydrogens (primary N) is 1. The zero-order valence-corrected chi connectivity index (χ0v) is 19.0. The number of allylic oxidation sites excluding steroid dienone is 2. The van der Waals surface area contributed by atoms with Crippen molar-refractivity contribution >= 4 is 34.5 Å². The third kappa shape index (κ3) is 7.10. The first-order valence-electron chi connectivity index (χ1n) is 10.6. The molecule has 0 spiro atoms. The van der Waals surface area contributed by atoms with Gasteiger partial charge < -0.3 is 15.6 Å². The number of benzene rings is 2. The molecule has 0 fully saturated rings. The first-order valence-corrected chi connectivity index (χ1v) is 11.0. The second-order valence-corrected chi connectivity index (χ2v) is 8.40. The Kier molecular flexibility index (Phi) is 8.52. The van der Waals surface area contributed by atoms with Crippen LogP contribution >= 0.6 is 11.6 Å². The number of fused-ring (bicyclic) bond motifs is 1. The van der Waals surface area contributed by atoms with Crippen molar-refractivity contribution in [2.75, 3.05) is 0 Å². The molecule has 3 atom stereocenters. The molecule has 1 aromatic heterocycles. The molecule has 2 aromatic carbocycles. The fraction of sp³-hybridized carbons (Fsp3) is 0.280. The molecule has 7 nitrogen and oxygen atoms in total. The van der Waals surface area contributed by atoms with Crippen LogP contribution in [0.4, 0.5) is 0 Å². The Morgan fingerprint density at radius 3 is 2.45 bits per heavy atom. The van der Waals surface area contributed by atoms with Gasteiger partial charge in [-0.2, -0.15) is 0 Å². The topological polar surface area (TPSA) is 115 Å². The Labute approximate surface area is 197 Å². The average Bonchev–Trinajstić information content (AvgIpc) is 2.81. The molecule has 3 aromatic rings. The number of ether oxygens (including phenoxy) is 1. The van der Waals surface area contributed by atoms with Gasteiger partial charge in [-0.1, -0.05) is 60.1 Å². The maximum Gasteiger partial charge on any atom is 0.358 e. The monoisotopic (exact) mass is 467 g/mol. The predicted octanol–water partition coefficient (Wildman–Crippen LogP) is 3.78. The van der Waals surface area contributed by atoms with Crippen molar-refractivity contribution in [2.45, 2.75) is 38.4 Å². The fourth-order valence-corrected chi connectivity index (χ4v) is 3.52. The van der Waals surface area contributed by atoms with Crippen molar-refractivity contribution in [1.82, 2.24) is 9.97 Å². The van der Waals surface area contributed by atoms with Gasteiger partial charge in [-0.05, 0) is 37.5 Å². The number of rotatable bonds is 10. The summed E-state index contributed by atoms with van der Waals surface area (Å²) in [5, 5.41) is 11.5. The van der Waals surface area contributed by atoms with Gasteiger partial charge in [0.25, 0.3) is 0 Å². The molecule has 0 saturated carbocycles. The number of hydrogen-bond donors (Lipinski definition) is 2. The van der Waals surface area contributed by atoms with Crippen LogP contribution in [0.25, 0.3) is 11.0 Å². The lowest BCUT2D eigenvalue weighted by atomic mass is 9.92. The van der Waals surface area contributed by atoms with Crippen LogP contribution in [0.2, 0.25) is 0 Å².